The number of hydrogen-bond acceptors (Lipinski definition) is 4. The predicted octanol–water partition coefficient (Wildman–Crippen LogP) is 3.35. The van der Waals surface area contributed by atoms with Gasteiger partial charge in [-0.05, 0) is 36.4 Å². The van der Waals surface area contributed by atoms with Crippen LogP contribution in [0.5, 0.6) is 5.75 Å². The molecule has 0 aliphatic rings. The summed E-state index contributed by atoms with van der Waals surface area (Å²) < 4.78 is 9.79. The zero-order chi connectivity index (χ0) is 14.5. The van der Waals surface area contributed by atoms with Gasteiger partial charge in [0.2, 0.25) is 0 Å². The van der Waals surface area contributed by atoms with Crippen molar-refractivity contribution in [1.82, 2.24) is 0 Å². The van der Waals surface area contributed by atoms with Crippen molar-refractivity contribution in [2.24, 2.45) is 0 Å². The monoisotopic (exact) mass is 290 g/mol. The Hall–Kier alpha value is -2.33. The zero-order valence-corrected chi connectivity index (χ0v) is 11.4. The van der Waals surface area contributed by atoms with Gasteiger partial charge in [-0.1, -0.05) is 23.7 Å². The van der Waals surface area contributed by atoms with Crippen molar-refractivity contribution in [1.29, 1.82) is 0 Å². The molecule has 0 saturated carbocycles. The molecule has 0 bridgehead atoms. The highest BCUT2D eigenvalue weighted by Crippen LogP contribution is 2.17. The van der Waals surface area contributed by atoms with E-state index >= 15 is 0 Å². The molecule has 0 heterocycles. The van der Waals surface area contributed by atoms with Crippen LogP contribution in [-0.2, 0) is 4.74 Å². The van der Waals surface area contributed by atoms with E-state index in [1.165, 1.54) is 19.2 Å². The van der Waals surface area contributed by atoms with Crippen LogP contribution in [0.1, 0.15) is 20.7 Å². The van der Waals surface area contributed by atoms with Crippen molar-refractivity contribution < 1.29 is 19.1 Å². The van der Waals surface area contributed by atoms with Crippen LogP contribution in [0.4, 0.5) is 0 Å². The molecule has 0 aliphatic carbocycles. The molecule has 4 nitrogen and oxygen atoms in total. The fourth-order valence-electron chi connectivity index (χ4n) is 1.59. The largest absolute Gasteiger partial charge is 0.465 e. The predicted molar refractivity (Wildman–Crippen MR) is 74.2 cm³/mol. The second kappa shape index (κ2) is 6.21. The Morgan fingerprint density at radius 1 is 0.950 bits per heavy atom. The zero-order valence-electron chi connectivity index (χ0n) is 10.6. The van der Waals surface area contributed by atoms with Crippen LogP contribution < -0.4 is 4.74 Å². The van der Waals surface area contributed by atoms with Gasteiger partial charge in [-0.15, -0.1) is 0 Å². The number of esters is 2. The Labute approximate surface area is 120 Å². The Bertz CT molecular complexity index is 652. The molecule has 0 amide bonds. The molecule has 2 aromatic rings. The third kappa shape index (κ3) is 3.36. The summed E-state index contributed by atoms with van der Waals surface area (Å²) in [6.45, 7) is 0. The maximum Gasteiger partial charge on any atom is 0.343 e. The normalized spacial score (nSPS) is 9.90. The van der Waals surface area contributed by atoms with Crippen LogP contribution in [0.3, 0.4) is 0 Å². The Balaban J connectivity index is 2.18. The van der Waals surface area contributed by atoms with E-state index in [2.05, 4.69) is 4.74 Å². The van der Waals surface area contributed by atoms with Gasteiger partial charge >= 0.3 is 11.9 Å². The fraction of sp³-hybridized carbons (Fsp3) is 0.0667. The average Bonchev–Trinajstić information content (AvgIpc) is 2.46. The number of carbonyl (C=O) groups excluding carboxylic acids is 2. The summed E-state index contributed by atoms with van der Waals surface area (Å²) >= 11 is 5.81. The number of ether oxygens (including phenoxy) is 2. The van der Waals surface area contributed by atoms with Crippen LogP contribution >= 0.6 is 11.6 Å². The minimum Gasteiger partial charge on any atom is -0.465 e. The van der Waals surface area contributed by atoms with Crippen LogP contribution in [0.25, 0.3) is 0 Å². The van der Waals surface area contributed by atoms with Crippen molar-refractivity contribution in [2.45, 2.75) is 0 Å². The van der Waals surface area contributed by atoms with E-state index in [9.17, 15) is 9.59 Å². The molecule has 0 radical (unpaired) electrons. The number of methoxy groups -OCH3 is 1. The summed E-state index contributed by atoms with van der Waals surface area (Å²) in [5.41, 5.74) is 0.643. The molecule has 0 saturated heterocycles. The third-order valence-electron chi connectivity index (χ3n) is 2.53. The lowest BCUT2D eigenvalue weighted by atomic mass is 10.2. The highest BCUT2D eigenvalue weighted by Gasteiger charge is 2.11. The quantitative estimate of drug-likeness (QED) is 0.642. The topological polar surface area (TPSA) is 52.6 Å². The lowest BCUT2D eigenvalue weighted by Gasteiger charge is -2.06. The second-order valence-electron chi connectivity index (χ2n) is 3.92. The summed E-state index contributed by atoms with van der Waals surface area (Å²) in [4.78, 5) is 23.3. The van der Waals surface area contributed by atoms with Gasteiger partial charge in [0, 0.05) is 5.02 Å². The van der Waals surface area contributed by atoms with Crippen molar-refractivity contribution in [2.75, 3.05) is 7.11 Å². The number of carbonyl (C=O) groups is 2. The molecular weight excluding hydrogens is 280 g/mol. The molecule has 0 atom stereocenters. The first-order chi connectivity index (χ1) is 9.60. The van der Waals surface area contributed by atoms with E-state index in [4.69, 9.17) is 16.3 Å². The number of rotatable bonds is 3. The van der Waals surface area contributed by atoms with Crippen molar-refractivity contribution in [3.63, 3.8) is 0 Å². The van der Waals surface area contributed by atoms with Gasteiger partial charge in [-0.2, -0.15) is 0 Å². The molecule has 0 spiro atoms. The Morgan fingerprint density at radius 2 is 1.60 bits per heavy atom. The van der Waals surface area contributed by atoms with Gasteiger partial charge in [0.05, 0.1) is 18.2 Å². The van der Waals surface area contributed by atoms with Crippen LogP contribution in [0, 0.1) is 0 Å². The van der Waals surface area contributed by atoms with E-state index in [1.807, 2.05) is 0 Å². The number of halogens is 1. The van der Waals surface area contributed by atoms with E-state index in [1.54, 1.807) is 36.4 Å². The molecular formula is C15H11ClO4. The SMILES string of the molecule is COC(=O)c1cccc(OC(=O)c2cccc(Cl)c2)c1. The summed E-state index contributed by atoms with van der Waals surface area (Å²) in [6.07, 6.45) is 0. The number of hydrogen-bond donors (Lipinski definition) is 0. The van der Waals surface area contributed by atoms with Gasteiger partial charge in [-0.3, -0.25) is 0 Å². The first-order valence-corrected chi connectivity index (χ1v) is 6.14. The van der Waals surface area contributed by atoms with Crippen molar-refractivity contribution >= 4 is 23.5 Å². The molecule has 0 N–H and O–H groups in total. The van der Waals surface area contributed by atoms with E-state index in [-0.39, 0.29) is 5.75 Å². The first-order valence-electron chi connectivity index (χ1n) is 5.76. The van der Waals surface area contributed by atoms with Gasteiger partial charge in [0.25, 0.3) is 0 Å². The lowest BCUT2D eigenvalue weighted by molar-refractivity contribution is 0.0597. The average molecular weight is 291 g/mol. The van der Waals surface area contributed by atoms with Gasteiger partial charge in [-0.25, -0.2) is 9.59 Å². The molecule has 20 heavy (non-hydrogen) atoms. The molecule has 2 rings (SSSR count). The van der Waals surface area contributed by atoms with E-state index in [0.717, 1.165) is 0 Å². The molecule has 2 aromatic carbocycles. The fourth-order valence-corrected chi connectivity index (χ4v) is 1.78. The Kier molecular flexibility index (Phi) is 4.38. The lowest BCUT2D eigenvalue weighted by Crippen LogP contribution is -2.09. The standard InChI is InChI=1S/C15H11ClO4/c1-19-14(17)11-5-3-7-13(9-11)20-15(18)10-4-2-6-12(16)8-10/h2-9H,1H3. The van der Waals surface area contributed by atoms with Crippen molar-refractivity contribution in [3.05, 3.63) is 64.7 Å². The van der Waals surface area contributed by atoms with Crippen LogP contribution in [0.15, 0.2) is 48.5 Å². The molecule has 0 fully saturated rings. The summed E-state index contributed by atoms with van der Waals surface area (Å²) in [5, 5.41) is 0.447. The van der Waals surface area contributed by atoms with E-state index in [0.29, 0.717) is 16.1 Å². The summed E-state index contributed by atoms with van der Waals surface area (Å²) in [6, 6.07) is 12.6. The first kappa shape index (κ1) is 14.1. The minimum atomic E-state index is -0.547. The molecule has 0 unspecified atom stereocenters. The maximum atomic E-state index is 11.9. The third-order valence-corrected chi connectivity index (χ3v) is 2.76. The van der Waals surface area contributed by atoms with Gasteiger partial charge < -0.3 is 9.47 Å². The molecule has 102 valence electrons. The van der Waals surface area contributed by atoms with Crippen molar-refractivity contribution in [3.8, 4) is 5.75 Å². The van der Waals surface area contributed by atoms with Gasteiger partial charge in [0.1, 0.15) is 5.75 Å². The van der Waals surface area contributed by atoms with Crippen LogP contribution in [-0.4, -0.2) is 19.0 Å². The second-order valence-corrected chi connectivity index (χ2v) is 4.36. The number of benzene rings is 2. The summed E-state index contributed by atoms with van der Waals surface area (Å²) in [5.74, 6) is -0.780. The maximum absolute atomic E-state index is 11.9. The highest BCUT2D eigenvalue weighted by molar-refractivity contribution is 6.30. The Morgan fingerprint density at radius 3 is 2.25 bits per heavy atom. The van der Waals surface area contributed by atoms with E-state index < -0.39 is 11.9 Å². The smallest absolute Gasteiger partial charge is 0.343 e. The van der Waals surface area contributed by atoms with Crippen LogP contribution in [0.2, 0.25) is 5.02 Å². The van der Waals surface area contributed by atoms with Gasteiger partial charge in [0.15, 0.2) is 0 Å². The molecule has 0 aromatic heterocycles. The highest BCUT2D eigenvalue weighted by atomic mass is 35.5. The molecule has 5 heteroatoms. The minimum absolute atomic E-state index is 0.262. The summed E-state index contributed by atoms with van der Waals surface area (Å²) in [7, 11) is 1.28. The molecule has 0 aliphatic heterocycles.